The maximum Gasteiger partial charge on any atom is -0.000653 e. The Kier molecular flexibility index (Phi) is 14.3. The van der Waals surface area contributed by atoms with Gasteiger partial charge in [-0.25, -0.2) is 0 Å². The van der Waals surface area contributed by atoms with Crippen LogP contribution in [0.25, 0.3) is 0 Å². The Morgan fingerprint density at radius 1 is 0.355 bits per heavy atom. The van der Waals surface area contributed by atoms with Gasteiger partial charge in [0.2, 0.25) is 0 Å². The van der Waals surface area contributed by atoms with Crippen LogP contribution in [0.4, 0.5) is 0 Å². The van der Waals surface area contributed by atoms with Crippen molar-refractivity contribution in [2.75, 3.05) is 120 Å². The summed E-state index contributed by atoms with van der Waals surface area (Å²) in [5.41, 5.74) is 0. The van der Waals surface area contributed by atoms with Gasteiger partial charge in [0.05, 0.1) is 0 Å². The monoisotopic (exact) mass is 438 g/mol. The highest BCUT2D eigenvalue weighted by molar-refractivity contribution is 4.68. The zero-order valence-corrected chi connectivity index (χ0v) is 21.5. The van der Waals surface area contributed by atoms with Crippen LogP contribution in [0.2, 0.25) is 0 Å². The molecule has 2 aliphatic rings. The van der Waals surface area contributed by atoms with Crippen molar-refractivity contribution in [3.05, 3.63) is 0 Å². The van der Waals surface area contributed by atoms with Gasteiger partial charge >= 0.3 is 0 Å². The number of hydrogen-bond donors (Lipinski definition) is 0. The van der Waals surface area contributed by atoms with Gasteiger partial charge < -0.3 is 29.4 Å². The highest BCUT2D eigenvalue weighted by Crippen LogP contribution is 2.06. The summed E-state index contributed by atoms with van der Waals surface area (Å²) in [4.78, 5) is 15.6. The molecular formula is C25H54N6. The van der Waals surface area contributed by atoms with Crippen LogP contribution in [-0.2, 0) is 0 Å². The predicted molar refractivity (Wildman–Crippen MR) is 135 cm³/mol. The van der Waals surface area contributed by atoms with Gasteiger partial charge in [-0.05, 0) is 165 Å². The first-order valence-electron chi connectivity index (χ1n) is 13.2. The third-order valence-electron chi connectivity index (χ3n) is 7.16. The summed E-state index contributed by atoms with van der Waals surface area (Å²) in [6.45, 7) is 17.5. The number of rotatable bonds is 4. The van der Waals surface area contributed by atoms with E-state index in [0.717, 1.165) is 0 Å². The molecule has 0 atom stereocenters. The lowest BCUT2D eigenvalue weighted by Gasteiger charge is -2.29. The van der Waals surface area contributed by atoms with Crippen LogP contribution < -0.4 is 0 Å². The first kappa shape index (κ1) is 27.0. The molecule has 0 saturated carbocycles. The average Bonchev–Trinajstić information content (AvgIpc) is 2.71. The lowest BCUT2D eigenvalue weighted by atomic mass is 10.2. The molecule has 2 saturated heterocycles. The van der Waals surface area contributed by atoms with Gasteiger partial charge in [0.1, 0.15) is 0 Å². The molecule has 0 unspecified atom stereocenters. The minimum atomic E-state index is 1.24. The summed E-state index contributed by atoms with van der Waals surface area (Å²) >= 11 is 0. The highest BCUT2D eigenvalue weighted by atomic mass is 15.2. The second-order valence-corrected chi connectivity index (χ2v) is 10.4. The van der Waals surface area contributed by atoms with Gasteiger partial charge in [0.25, 0.3) is 0 Å². The van der Waals surface area contributed by atoms with E-state index in [-0.39, 0.29) is 0 Å². The first-order chi connectivity index (χ1) is 15.0. The first-order valence-corrected chi connectivity index (χ1v) is 13.2. The molecule has 0 bridgehead atoms. The molecule has 0 aromatic carbocycles. The minimum Gasteiger partial charge on any atom is -0.306 e. The van der Waals surface area contributed by atoms with Crippen LogP contribution >= 0.6 is 0 Å². The van der Waals surface area contributed by atoms with E-state index < -0.39 is 0 Å². The fourth-order valence-electron chi connectivity index (χ4n) is 5.11. The van der Waals surface area contributed by atoms with Gasteiger partial charge in [-0.1, -0.05) is 0 Å². The highest BCUT2D eigenvalue weighted by Gasteiger charge is 2.12. The summed E-state index contributed by atoms with van der Waals surface area (Å²) in [6, 6.07) is 0. The third-order valence-corrected chi connectivity index (χ3v) is 7.16. The second-order valence-electron chi connectivity index (χ2n) is 10.4. The van der Waals surface area contributed by atoms with Gasteiger partial charge in [0.15, 0.2) is 0 Å². The Hall–Kier alpha value is -0.240. The van der Waals surface area contributed by atoms with Crippen LogP contribution in [0.5, 0.6) is 0 Å². The topological polar surface area (TPSA) is 19.4 Å². The van der Waals surface area contributed by atoms with Crippen molar-refractivity contribution in [3.8, 4) is 0 Å². The van der Waals surface area contributed by atoms with E-state index >= 15 is 0 Å². The molecule has 0 aromatic heterocycles. The molecule has 0 N–H and O–H groups in total. The normalized spacial score (nSPS) is 25.9. The van der Waals surface area contributed by atoms with Crippen molar-refractivity contribution in [3.63, 3.8) is 0 Å². The van der Waals surface area contributed by atoms with Crippen LogP contribution in [0.3, 0.4) is 0 Å². The summed E-state index contributed by atoms with van der Waals surface area (Å²) in [5, 5.41) is 0. The Morgan fingerprint density at radius 3 is 0.839 bits per heavy atom. The molecule has 0 aromatic rings. The molecule has 0 radical (unpaired) electrons. The fraction of sp³-hybridized carbons (Fsp3) is 1.00. The summed E-state index contributed by atoms with van der Waals surface area (Å²) in [7, 11) is 9.17. The van der Waals surface area contributed by atoms with Crippen LogP contribution in [0, 0.1) is 0 Å². The van der Waals surface area contributed by atoms with Crippen molar-refractivity contribution in [1.82, 2.24) is 29.4 Å². The van der Waals surface area contributed by atoms with Crippen molar-refractivity contribution < 1.29 is 0 Å². The van der Waals surface area contributed by atoms with E-state index in [1.54, 1.807) is 0 Å². The lowest BCUT2D eigenvalue weighted by molar-refractivity contribution is 0.183. The van der Waals surface area contributed by atoms with Crippen LogP contribution in [-0.4, -0.2) is 149 Å². The second kappa shape index (κ2) is 16.4. The smallest absolute Gasteiger partial charge is 0.000653 e. The number of hydrogen-bond acceptors (Lipinski definition) is 6. The number of nitrogens with zero attached hydrogens (tertiary/aromatic N) is 6. The largest absolute Gasteiger partial charge is 0.306 e. The Bertz CT molecular complexity index is 364. The molecule has 6 nitrogen and oxygen atoms in total. The van der Waals surface area contributed by atoms with E-state index in [9.17, 15) is 0 Å². The van der Waals surface area contributed by atoms with Gasteiger partial charge in [0, 0.05) is 0 Å². The van der Waals surface area contributed by atoms with Crippen molar-refractivity contribution >= 4 is 0 Å². The summed E-state index contributed by atoms with van der Waals surface area (Å²) < 4.78 is 0. The quantitative estimate of drug-likeness (QED) is 0.665. The SMILES string of the molecule is CN1CCCN(C)CCCN(CCCN2CCCN(C)CCCN(C)CCC2)CCC1. The molecule has 184 valence electrons. The Labute approximate surface area is 194 Å². The molecule has 2 fully saturated rings. The van der Waals surface area contributed by atoms with Crippen LogP contribution in [0.15, 0.2) is 0 Å². The summed E-state index contributed by atoms with van der Waals surface area (Å²) in [6.07, 6.45) is 9.18. The average molecular weight is 439 g/mol. The molecular weight excluding hydrogens is 384 g/mol. The molecule has 31 heavy (non-hydrogen) atoms. The van der Waals surface area contributed by atoms with Crippen molar-refractivity contribution in [2.24, 2.45) is 0 Å². The molecule has 0 aliphatic carbocycles. The van der Waals surface area contributed by atoms with Crippen LogP contribution in [0.1, 0.15) is 44.9 Å². The maximum atomic E-state index is 2.75. The zero-order valence-electron chi connectivity index (χ0n) is 21.5. The van der Waals surface area contributed by atoms with E-state index in [2.05, 4.69) is 57.6 Å². The van der Waals surface area contributed by atoms with Gasteiger partial charge in [-0.15, -0.1) is 0 Å². The van der Waals surface area contributed by atoms with Gasteiger partial charge in [-0.3, -0.25) is 0 Å². The minimum absolute atomic E-state index is 1.24. The molecule has 2 rings (SSSR count). The molecule has 0 amide bonds. The Morgan fingerprint density at radius 2 is 0.581 bits per heavy atom. The van der Waals surface area contributed by atoms with Crippen molar-refractivity contribution in [2.45, 2.75) is 44.9 Å². The third kappa shape index (κ3) is 13.2. The van der Waals surface area contributed by atoms with Crippen molar-refractivity contribution in [1.29, 1.82) is 0 Å². The molecule has 2 aliphatic heterocycles. The molecule has 6 heteroatoms. The Balaban J connectivity index is 1.75. The molecule has 2 heterocycles. The fourth-order valence-corrected chi connectivity index (χ4v) is 5.11. The standard InChI is InChI=1S/C25H54N6/c1-26-12-5-13-27(2)17-8-21-30(20-7-16-26)24-11-25-31-22-9-18-28(3)14-6-15-29(4)19-10-23-31/h5-25H2,1-4H3. The van der Waals surface area contributed by atoms with E-state index in [1.807, 2.05) is 0 Å². The van der Waals surface area contributed by atoms with E-state index in [1.165, 1.54) is 137 Å². The summed E-state index contributed by atoms with van der Waals surface area (Å²) in [5.74, 6) is 0. The lowest BCUT2D eigenvalue weighted by Crippen LogP contribution is -2.37. The van der Waals surface area contributed by atoms with E-state index in [0.29, 0.717) is 0 Å². The molecule has 0 spiro atoms. The zero-order chi connectivity index (χ0) is 22.3. The maximum absolute atomic E-state index is 2.75. The van der Waals surface area contributed by atoms with E-state index in [4.69, 9.17) is 0 Å². The predicted octanol–water partition coefficient (Wildman–Crippen LogP) is 2.08. The van der Waals surface area contributed by atoms with Gasteiger partial charge in [-0.2, -0.15) is 0 Å².